The molecule has 0 amide bonds. The summed E-state index contributed by atoms with van der Waals surface area (Å²) in [5.74, 6) is -0.279. The Balaban J connectivity index is 2.30. The number of hydrogen-bond acceptors (Lipinski definition) is 5. The monoisotopic (exact) mass is 283 g/mol. The molecule has 3 N–H and O–H groups in total. The number of phenolic OH excluding ortho intramolecular Hbond substituents is 2. The van der Waals surface area contributed by atoms with Gasteiger partial charge in [-0.3, -0.25) is 9.79 Å². The van der Waals surface area contributed by atoms with Crippen LogP contribution in [0.5, 0.6) is 11.5 Å². The van der Waals surface area contributed by atoms with E-state index in [-0.39, 0.29) is 36.1 Å². The number of Topliss-reactive ketones (excluding diaryl/α,β-unsaturated/α-hetero) is 1. The van der Waals surface area contributed by atoms with E-state index >= 15 is 0 Å². The van der Waals surface area contributed by atoms with Crippen molar-refractivity contribution in [2.45, 2.75) is 0 Å². The largest absolute Gasteiger partial charge is 0.508 e. The molecule has 0 heterocycles. The highest BCUT2D eigenvalue weighted by atomic mass is 16.3. The number of aliphatic hydroxyl groups is 1. The second-order valence-corrected chi connectivity index (χ2v) is 4.74. The van der Waals surface area contributed by atoms with Crippen LogP contribution < -0.4 is 0 Å². The molecule has 0 fully saturated rings. The summed E-state index contributed by atoms with van der Waals surface area (Å²) in [4.78, 5) is 16.7. The standard InChI is InChI=1S/C16H13NO4/c18-6-5-17-15-13-7-9(19)1-3-11(13)12-4-2-10(20)8-14(12)16(15)21/h1-4,7-8,18-20H,5-6H2/b17-15+. The SMILES string of the molecule is O=C1/C(=N/CCO)c2cc(O)ccc2-c2ccc(O)cc21. The first-order valence-corrected chi connectivity index (χ1v) is 6.48. The number of rotatable bonds is 2. The van der Waals surface area contributed by atoms with Gasteiger partial charge in [0.1, 0.15) is 17.2 Å². The van der Waals surface area contributed by atoms with E-state index in [1.165, 1.54) is 24.3 Å². The number of aliphatic hydroxyl groups excluding tert-OH is 1. The molecule has 5 nitrogen and oxygen atoms in total. The molecule has 2 aromatic rings. The molecule has 0 radical (unpaired) electrons. The fourth-order valence-electron chi connectivity index (χ4n) is 2.49. The van der Waals surface area contributed by atoms with Gasteiger partial charge in [0.15, 0.2) is 0 Å². The third kappa shape index (κ3) is 2.17. The topological polar surface area (TPSA) is 90.1 Å². The number of nitrogens with zero attached hydrogens (tertiary/aromatic N) is 1. The lowest BCUT2D eigenvalue weighted by molar-refractivity contribution is 0.106. The number of fused-ring (bicyclic) bond motifs is 3. The first-order valence-electron chi connectivity index (χ1n) is 6.48. The van der Waals surface area contributed by atoms with E-state index in [4.69, 9.17) is 5.11 Å². The maximum Gasteiger partial charge on any atom is 0.212 e. The number of benzene rings is 2. The minimum Gasteiger partial charge on any atom is -0.508 e. The van der Waals surface area contributed by atoms with Gasteiger partial charge in [-0.05, 0) is 47.5 Å². The zero-order chi connectivity index (χ0) is 15.0. The third-order valence-corrected chi connectivity index (χ3v) is 3.38. The van der Waals surface area contributed by atoms with Crippen LogP contribution >= 0.6 is 0 Å². The average molecular weight is 283 g/mol. The van der Waals surface area contributed by atoms with Crippen LogP contribution in [-0.2, 0) is 0 Å². The van der Waals surface area contributed by atoms with Gasteiger partial charge in [0.25, 0.3) is 0 Å². The van der Waals surface area contributed by atoms with Crippen molar-refractivity contribution in [3.63, 3.8) is 0 Å². The fraction of sp³-hybridized carbons (Fsp3) is 0.125. The van der Waals surface area contributed by atoms with E-state index in [1.807, 2.05) is 0 Å². The van der Waals surface area contributed by atoms with E-state index in [0.29, 0.717) is 16.7 Å². The van der Waals surface area contributed by atoms with Crippen LogP contribution in [0.15, 0.2) is 41.4 Å². The first-order chi connectivity index (χ1) is 10.1. The van der Waals surface area contributed by atoms with Gasteiger partial charge in [-0.1, -0.05) is 0 Å². The molecule has 1 aliphatic rings. The van der Waals surface area contributed by atoms with E-state index in [2.05, 4.69) is 4.99 Å². The normalized spacial score (nSPS) is 14.9. The Morgan fingerprint density at radius 2 is 1.43 bits per heavy atom. The summed E-state index contributed by atoms with van der Waals surface area (Å²) in [6, 6.07) is 9.32. The van der Waals surface area contributed by atoms with Crippen molar-refractivity contribution in [1.82, 2.24) is 0 Å². The van der Waals surface area contributed by atoms with Gasteiger partial charge in [-0.15, -0.1) is 0 Å². The predicted molar refractivity (Wildman–Crippen MR) is 78.0 cm³/mol. The third-order valence-electron chi connectivity index (χ3n) is 3.38. The maximum atomic E-state index is 12.5. The number of carbonyl (C=O) groups is 1. The van der Waals surface area contributed by atoms with Crippen molar-refractivity contribution in [1.29, 1.82) is 0 Å². The van der Waals surface area contributed by atoms with Crippen LogP contribution in [0.1, 0.15) is 15.9 Å². The van der Waals surface area contributed by atoms with Crippen LogP contribution in [0, 0.1) is 0 Å². The van der Waals surface area contributed by atoms with Crippen molar-refractivity contribution in [3.05, 3.63) is 47.5 Å². The minimum atomic E-state index is -0.326. The molecule has 1 aliphatic carbocycles. The molecule has 2 aromatic carbocycles. The molecule has 0 saturated heterocycles. The van der Waals surface area contributed by atoms with Crippen LogP contribution in [-0.4, -0.2) is 40.0 Å². The molecular formula is C16H13NO4. The van der Waals surface area contributed by atoms with Crippen molar-refractivity contribution < 1.29 is 20.1 Å². The summed E-state index contributed by atoms with van der Waals surface area (Å²) >= 11 is 0. The molecule has 0 aromatic heterocycles. The number of phenols is 2. The van der Waals surface area contributed by atoms with Gasteiger partial charge >= 0.3 is 0 Å². The molecule has 0 saturated carbocycles. The lowest BCUT2D eigenvalue weighted by atomic mass is 9.83. The van der Waals surface area contributed by atoms with Gasteiger partial charge in [-0.2, -0.15) is 0 Å². The van der Waals surface area contributed by atoms with Gasteiger partial charge in [-0.25, -0.2) is 0 Å². The number of aliphatic imine (C=N–C) groups is 1. The van der Waals surface area contributed by atoms with Crippen LogP contribution in [0.3, 0.4) is 0 Å². The Bertz CT molecular complexity index is 765. The zero-order valence-electron chi connectivity index (χ0n) is 11.1. The summed E-state index contributed by atoms with van der Waals surface area (Å²) in [7, 11) is 0. The fourth-order valence-corrected chi connectivity index (χ4v) is 2.49. The molecule has 5 heteroatoms. The van der Waals surface area contributed by atoms with E-state index < -0.39 is 0 Å². The summed E-state index contributed by atoms with van der Waals surface area (Å²) in [6.45, 7) is -0.0673. The predicted octanol–water partition coefficient (Wildman–Crippen LogP) is 1.74. The smallest absolute Gasteiger partial charge is 0.212 e. The quantitative estimate of drug-likeness (QED) is 0.783. The highest BCUT2D eigenvalue weighted by molar-refractivity contribution is 6.55. The Hall–Kier alpha value is -2.66. The summed E-state index contributed by atoms with van der Waals surface area (Å²) in [6.07, 6.45) is 0. The van der Waals surface area contributed by atoms with Gasteiger partial charge in [0.2, 0.25) is 5.78 Å². The molecule has 0 unspecified atom stereocenters. The molecule has 0 spiro atoms. The second kappa shape index (κ2) is 5.03. The van der Waals surface area contributed by atoms with Gasteiger partial charge in [0.05, 0.1) is 13.2 Å². The Morgan fingerprint density at radius 3 is 2.05 bits per heavy atom. The van der Waals surface area contributed by atoms with Crippen LogP contribution in [0.25, 0.3) is 11.1 Å². The molecule has 0 bridgehead atoms. The number of aromatic hydroxyl groups is 2. The molecule has 3 rings (SSSR count). The van der Waals surface area contributed by atoms with Gasteiger partial charge in [0, 0.05) is 11.1 Å². The van der Waals surface area contributed by atoms with Gasteiger partial charge < -0.3 is 15.3 Å². The number of hydrogen-bond donors (Lipinski definition) is 3. The zero-order valence-corrected chi connectivity index (χ0v) is 11.1. The number of ketones is 1. The lowest BCUT2D eigenvalue weighted by Gasteiger charge is -2.21. The average Bonchev–Trinajstić information content (AvgIpc) is 2.47. The minimum absolute atomic E-state index is 0.00540. The van der Waals surface area contributed by atoms with E-state index in [9.17, 15) is 15.0 Å². The summed E-state index contributed by atoms with van der Waals surface area (Å²) in [5, 5.41) is 28.2. The summed E-state index contributed by atoms with van der Waals surface area (Å²) < 4.78 is 0. The van der Waals surface area contributed by atoms with Crippen LogP contribution in [0.2, 0.25) is 0 Å². The maximum absolute atomic E-state index is 12.5. The van der Waals surface area contributed by atoms with Crippen molar-refractivity contribution in [2.24, 2.45) is 4.99 Å². The second-order valence-electron chi connectivity index (χ2n) is 4.74. The Morgan fingerprint density at radius 1 is 0.857 bits per heavy atom. The van der Waals surface area contributed by atoms with Crippen LogP contribution in [0.4, 0.5) is 0 Å². The van der Waals surface area contributed by atoms with E-state index in [0.717, 1.165) is 5.56 Å². The summed E-state index contributed by atoms with van der Waals surface area (Å²) in [5.41, 5.74) is 2.54. The van der Waals surface area contributed by atoms with Crippen molar-refractivity contribution >= 4 is 11.5 Å². The molecule has 106 valence electrons. The first kappa shape index (κ1) is 13.3. The van der Waals surface area contributed by atoms with Crippen molar-refractivity contribution in [2.75, 3.05) is 13.2 Å². The van der Waals surface area contributed by atoms with Crippen molar-refractivity contribution in [3.8, 4) is 22.6 Å². The molecular weight excluding hydrogens is 270 g/mol. The molecule has 0 aliphatic heterocycles. The molecule has 0 atom stereocenters. The molecule has 21 heavy (non-hydrogen) atoms. The Labute approximate surface area is 120 Å². The van der Waals surface area contributed by atoms with E-state index in [1.54, 1.807) is 12.1 Å². The number of carbonyl (C=O) groups excluding carboxylic acids is 1. The highest BCUT2D eigenvalue weighted by Gasteiger charge is 2.29. The lowest BCUT2D eigenvalue weighted by Crippen LogP contribution is -2.23. The Kier molecular flexibility index (Phi) is 3.19. The highest BCUT2D eigenvalue weighted by Crippen LogP contribution is 2.36.